The van der Waals surface area contributed by atoms with Crippen LogP contribution in [0, 0.1) is 0 Å². The molecule has 1 heterocycles. The molecule has 0 aliphatic carbocycles. The van der Waals surface area contributed by atoms with Gasteiger partial charge in [0.25, 0.3) is 0 Å². The minimum Gasteiger partial charge on any atom is -0.314 e. The molecular formula is C10H23N3. The van der Waals surface area contributed by atoms with Crippen molar-refractivity contribution in [3.63, 3.8) is 0 Å². The predicted octanol–water partition coefficient (Wildman–Crippen LogP) is 0.230. The number of likely N-dealkylation sites (N-methyl/N-ethyl adjacent to an activating group) is 1. The summed E-state index contributed by atoms with van der Waals surface area (Å²) < 4.78 is 0. The van der Waals surface area contributed by atoms with Crippen molar-refractivity contribution in [2.45, 2.75) is 25.9 Å². The second-order valence-corrected chi connectivity index (χ2v) is 4.40. The number of hydrogen-bond donors (Lipinski definition) is 1. The SMILES string of the molecule is C[C@@H]1CNC[C@@H](C)N1CCN(C)C. The molecule has 2 atom stereocenters. The fourth-order valence-corrected chi connectivity index (χ4v) is 1.93. The highest BCUT2D eigenvalue weighted by atomic mass is 15.3. The molecule has 1 rings (SSSR count). The predicted molar refractivity (Wildman–Crippen MR) is 57.1 cm³/mol. The zero-order valence-corrected chi connectivity index (χ0v) is 9.38. The summed E-state index contributed by atoms with van der Waals surface area (Å²) in [5.74, 6) is 0. The van der Waals surface area contributed by atoms with E-state index in [-0.39, 0.29) is 0 Å². The number of nitrogens with one attached hydrogen (secondary N) is 1. The molecule has 0 aromatic rings. The van der Waals surface area contributed by atoms with E-state index in [1.165, 1.54) is 6.54 Å². The van der Waals surface area contributed by atoms with Gasteiger partial charge in [0.05, 0.1) is 0 Å². The fourth-order valence-electron chi connectivity index (χ4n) is 1.93. The van der Waals surface area contributed by atoms with Crippen LogP contribution >= 0.6 is 0 Å². The average molecular weight is 185 g/mol. The molecule has 1 aliphatic rings. The maximum atomic E-state index is 3.45. The average Bonchev–Trinajstić information content (AvgIpc) is 2.03. The summed E-state index contributed by atoms with van der Waals surface area (Å²) in [5, 5.41) is 3.45. The number of rotatable bonds is 3. The molecule has 78 valence electrons. The van der Waals surface area contributed by atoms with Crippen molar-refractivity contribution in [1.29, 1.82) is 0 Å². The van der Waals surface area contributed by atoms with E-state index in [0.717, 1.165) is 19.6 Å². The first kappa shape index (κ1) is 11.0. The third kappa shape index (κ3) is 3.25. The first-order chi connectivity index (χ1) is 6.11. The highest BCUT2D eigenvalue weighted by Crippen LogP contribution is 2.08. The van der Waals surface area contributed by atoms with Gasteiger partial charge >= 0.3 is 0 Å². The van der Waals surface area contributed by atoms with E-state index in [2.05, 4.69) is 43.1 Å². The van der Waals surface area contributed by atoms with Crippen molar-refractivity contribution in [2.75, 3.05) is 40.3 Å². The van der Waals surface area contributed by atoms with Gasteiger partial charge in [0.1, 0.15) is 0 Å². The molecular weight excluding hydrogens is 162 g/mol. The normalized spacial score (nSPS) is 31.2. The molecule has 0 unspecified atom stereocenters. The summed E-state index contributed by atoms with van der Waals surface area (Å²) in [6.45, 7) is 9.23. The fraction of sp³-hybridized carbons (Fsp3) is 1.00. The van der Waals surface area contributed by atoms with Gasteiger partial charge in [-0.15, -0.1) is 0 Å². The molecule has 0 amide bonds. The molecule has 0 saturated carbocycles. The summed E-state index contributed by atoms with van der Waals surface area (Å²) >= 11 is 0. The Morgan fingerprint density at radius 2 is 1.77 bits per heavy atom. The molecule has 1 fully saturated rings. The molecule has 1 aliphatic heterocycles. The van der Waals surface area contributed by atoms with Crippen LogP contribution < -0.4 is 5.32 Å². The van der Waals surface area contributed by atoms with E-state index in [1.807, 2.05) is 0 Å². The van der Waals surface area contributed by atoms with Crippen LogP contribution in [-0.4, -0.2) is 62.2 Å². The smallest absolute Gasteiger partial charge is 0.0196 e. The van der Waals surface area contributed by atoms with Crippen LogP contribution in [0.3, 0.4) is 0 Å². The Hall–Kier alpha value is -0.120. The molecule has 1 N–H and O–H groups in total. The van der Waals surface area contributed by atoms with Crippen LogP contribution in [-0.2, 0) is 0 Å². The van der Waals surface area contributed by atoms with Crippen molar-refractivity contribution in [3.8, 4) is 0 Å². The summed E-state index contributed by atoms with van der Waals surface area (Å²) in [6.07, 6.45) is 0. The monoisotopic (exact) mass is 185 g/mol. The van der Waals surface area contributed by atoms with E-state index in [9.17, 15) is 0 Å². The van der Waals surface area contributed by atoms with Gasteiger partial charge in [0.2, 0.25) is 0 Å². The second kappa shape index (κ2) is 4.94. The van der Waals surface area contributed by atoms with Gasteiger partial charge in [0, 0.05) is 38.3 Å². The number of hydrogen-bond acceptors (Lipinski definition) is 3. The van der Waals surface area contributed by atoms with Crippen LogP contribution in [0.1, 0.15) is 13.8 Å². The van der Waals surface area contributed by atoms with E-state index >= 15 is 0 Å². The Kier molecular flexibility index (Phi) is 4.16. The van der Waals surface area contributed by atoms with Gasteiger partial charge < -0.3 is 10.2 Å². The maximum absolute atomic E-state index is 3.45. The largest absolute Gasteiger partial charge is 0.314 e. The highest BCUT2D eigenvalue weighted by molar-refractivity contribution is 4.82. The Balaban J connectivity index is 2.35. The van der Waals surface area contributed by atoms with Gasteiger partial charge in [-0.25, -0.2) is 0 Å². The van der Waals surface area contributed by atoms with E-state index in [0.29, 0.717) is 12.1 Å². The molecule has 13 heavy (non-hydrogen) atoms. The molecule has 0 bridgehead atoms. The van der Waals surface area contributed by atoms with Gasteiger partial charge in [-0.2, -0.15) is 0 Å². The van der Waals surface area contributed by atoms with Crippen molar-refractivity contribution in [1.82, 2.24) is 15.1 Å². The van der Waals surface area contributed by atoms with Gasteiger partial charge in [-0.05, 0) is 27.9 Å². The minimum atomic E-state index is 0.684. The quantitative estimate of drug-likeness (QED) is 0.679. The lowest BCUT2D eigenvalue weighted by Crippen LogP contribution is -2.56. The number of piperazine rings is 1. The third-order valence-corrected chi connectivity index (χ3v) is 2.82. The first-order valence-corrected chi connectivity index (χ1v) is 5.22. The molecule has 0 spiro atoms. The Labute approximate surface area is 82.1 Å². The van der Waals surface area contributed by atoms with Crippen molar-refractivity contribution in [3.05, 3.63) is 0 Å². The molecule has 0 radical (unpaired) electrons. The van der Waals surface area contributed by atoms with E-state index < -0.39 is 0 Å². The molecule has 3 heteroatoms. The number of nitrogens with zero attached hydrogens (tertiary/aromatic N) is 2. The van der Waals surface area contributed by atoms with Crippen LogP contribution in [0.25, 0.3) is 0 Å². The summed E-state index contributed by atoms with van der Waals surface area (Å²) in [7, 11) is 4.27. The lowest BCUT2D eigenvalue weighted by molar-refractivity contribution is 0.107. The zero-order chi connectivity index (χ0) is 9.84. The molecule has 0 aromatic carbocycles. The Morgan fingerprint density at radius 3 is 2.23 bits per heavy atom. The van der Waals surface area contributed by atoms with Crippen LogP contribution in [0.4, 0.5) is 0 Å². The Bertz CT molecular complexity index is 137. The van der Waals surface area contributed by atoms with Crippen LogP contribution in [0.15, 0.2) is 0 Å². The van der Waals surface area contributed by atoms with Crippen LogP contribution in [0.5, 0.6) is 0 Å². The topological polar surface area (TPSA) is 18.5 Å². The molecule has 3 nitrogen and oxygen atoms in total. The third-order valence-electron chi connectivity index (χ3n) is 2.82. The summed E-state index contributed by atoms with van der Waals surface area (Å²) in [5.41, 5.74) is 0. The van der Waals surface area contributed by atoms with Gasteiger partial charge in [-0.1, -0.05) is 0 Å². The van der Waals surface area contributed by atoms with Crippen molar-refractivity contribution < 1.29 is 0 Å². The molecule has 0 aromatic heterocycles. The lowest BCUT2D eigenvalue weighted by atomic mass is 10.1. The minimum absolute atomic E-state index is 0.684. The van der Waals surface area contributed by atoms with E-state index in [1.54, 1.807) is 0 Å². The lowest BCUT2D eigenvalue weighted by Gasteiger charge is -2.39. The Morgan fingerprint density at radius 1 is 1.23 bits per heavy atom. The molecule has 1 saturated heterocycles. The van der Waals surface area contributed by atoms with E-state index in [4.69, 9.17) is 0 Å². The van der Waals surface area contributed by atoms with Gasteiger partial charge in [-0.3, -0.25) is 4.90 Å². The zero-order valence-electron chi connectivity index (χ0n) is 9.38. The summed E-state index contributed by atoms with van der Waals surface area (Å²) in [4.78, 5) is 4.85. The summed E-state index contributed by atoms with van der Waals surface area (Å²) in [6, 6.07) is 1.37. The first-order valence-electron chi connectivity index (χ1n) is 5.22. The van der Waals surface area contributed by atoms with Crippen LogP contribution in [0.2, 0.25) is 0 Å². The maximum Gasteiger partial charge on any atom is 0.0196 e. The highest BCUT2D eigenvalue weighted by Gasteiger charge is 2.23. The van der Waals surface area contributed by atoms with Crippen molar-refractivity contribution >= 4 is 0 Å². The second-order valence-electron chi connectivity index (χ2n) is 4.40. The van der Waals surface area contributed by atoms with Crippen molar-refractivity contribution in [2.24, 2.45) is 0 Å². The van der Waals surface area contributed by atoms with Gasteiger partial charge in [0.15, 0.2) is 0 Å². The standard InChI is InChI=1S/C10H23N3/c1-9-7-11-8-10(2)13(9)6-5-12(3)4/h9-11H,5-8H2,1-4H3/t9-,10-/m1/s1.